The molecule has 0 aliphatic rings. The SMILES string of the molecule is Cc1cc(OCc2ccc(C(=O)O)cc2Br)ccc1Br. The molecule has 104 valence electrons. The lowest BCUT2D eigenvalue weighted by Gasteiger charge is -2.10. The smallest absolute Gasteiger partial charge is 0.335 e. The third kappa shape index (κ3) is 3.61. The molecule has 1 N–H and O–H groups in total. The molecule has 2 aromatic rings. The van der Waals surface area contributed by atoms with Crippen molar-refractivity contribution in [3.05, 3.63) is 62.0 Å². The number of hydrogen-bond acceptors (Lipinski definition) is 2. The van der Waals surface area contributed by atoms with E-state index in [0.29, 0.717) is 6.61 Å². The predicted molar refractivity (Wildman–Crippen MR) is 84.3 cm³/mol. The molecule has 20 heavy (non-hydrogen) atoms. The van der Waals surface area contributed by atoms with E-state index in [0.717, 1.165) is 25.8 Å². The topological polar surface area (TPSA) is 46.5 Å². The van der Waals surface area contributed by atoms with Gasteiger partial charge in [-0.2, -0.15) is 0 Å². The van der Waals surface area contributed by atoms with Crippen LogP contribution in [0.15, 0.2) is 45.3 Å². The summed E-state index contributed by atoms with van der Waals surface area (Å²) in [6, 6.07) is 10.7. The molecule has 0 bridgehead atoms. The monoisotopic (exact) mass is 398 g/mol. The normalized spacial score (nSPS) is 10.3. The van der Waals surface area contributed by atoms with E-state index in [2.05, 4.69) is 31.9 Å². The molecule has 3 nitrogen and oxygen atoms in total. The Morgan fingerprint density at radius 3 is 2.50 bits per heavy atom. The van der Waals surface area contributed by atoms with Crippen LogP contribution in [0, 0.1) is 6.92 Å². The van der Waals surface area contributed by atoms with Crippen molar-refractivity contribution in [2.75, 3.05) is 0 Å². The zero-order chi connectivity index (χ0) is 14.7. The summed E-state index contributed by atoms with van der Waals surface area (Å²) in [5, 5.41) is 8.91. The number of benzene rings is 2. The Kier molecular flexibility index (Phi) is 4.83. The van der Waals surface area contributed by atoms with E-state index < -0.39 is 5.97 Å². The molecular weight excluding hydrogens is 388 g/mol. The Hall–Kier alpha value is -1.33. The quantitative estimate of drug-likeness (QED) is 0.803. The van der Waals surface area contributed by atoms with Crippen molar-refractivity contribution < 1.29 is 14.6 Å². The number of rotatable bonds is 4. The van der Waals surface area contributed by atoms with Gasteiger partial charge in [0.05, 0.1) is 5.56 Å². The highest BCUT2D eigenvalue weighted by atomic mass is 79.9. The van der Waals surface area contributed by atoms with E-state index >= 15 is 0 Å². The van der Waals surface area contributed by atoms with Gasteiger partial charge in [0.15, 0.2) is 0 Å². The van der Waals surface area contributed by atoms with Crippen molar-refractivity contribution in [3.63, 3.8) is 0 Å². The van der Waals surface area contributed by atoms with Crippen LogP contribution in [0.4, 0.5) is 0 Å². The first-order valence-electron chi connectivity index (χ1n) is 5.88. The first-order valence-corrected chi connectivity index (χ1v) is 7.46. The van der Waals surface area contributed by atoms with Crippen molar-refractivity contribution in [1.82, 2.24) is 0 Å². The number of carbonyl (C=O) groups is 1. The summed E-state index contributed by atoms with van der Waals surface area (Å²) in [4.78, 5) is 10.9. The van der Waals surface area contributed by atoms with Gasteiger partial charge >= 0.3 is 5.97 Å². The molecule has 0 atom stereocenters. The predicted octanol–water partition coefficient (Wildman–Crippen LogP) is 4.80. The molecular formula is C15H12Br2O3. The maximum atomic E-state index is 10.9. The minimum atomic E-state index is -0.943. The van der Waals surface area contributed by atoms with Gasteiger partial charge in [0, 0.05) is 14.5 Å². The highest BCUT2D eigenvalue weighted by Crippen LogP contribution is 2.24. The minimum absolute atomic E-state index is 0.250. The maximum Gasteiger partial charge on any atom is 0.335 e. The number of ether oxygens (including phenoxy) is 1. The molecule has 2 rings (SSSR count). The Balaban J connectivity index is 2.10. The standard InChI is InChI=1S/C15H12Br2O3/c1-9-6-12(4-5-13(9)16)20-8-11-3-2-10(15(18)19)7-14(11)17/h2-7H,8H2,1H3,(H,18,19). The Morgan fingerprint density at radius 1 is 1.15 bits per heavy atom. The molecule has 0 saturated carbocycles. The van der Waals surface area contributed by atoms with Crippen LogP contribution in [-0.4, -0.2) is 11.1 Å². The summed E-state index contributed by atoms with van der Waals surface area (Å²) in [5.41, 5.74) is 2.25. The zero-order valence-corrected chi connectivity index (χ0v) is 13.9. The van der Waals surface area contributed by atoms with Crippen LogP contribution in [0.1, 0.15) is 21.5 Å². The molecule has 0 amide bonds. The number of halogens is 2. The lowest BCUT2D eigenvalue weighted by atomic mass is 10.1. The van der Waals surface area contributed by atoms with Gasteiger partial charge in [-0.3, -0.25) is 0 Å². The number of carboxylic acids is 1. The van der Waals surface area contributed by atoms with Crippen LogP contribution < -0.4 is 4.74 Å². The third-order valence-electron chi connectivity index (χ3n) is 2.82. The van der Waals surface area contributed by atoms with Crippen molar-refractivity contribution in [2.45, 2.75) is 13.5 Å². The van der Waals surface area contributed by atoms with E-state index in [1.165, 1.54) is 0 Å². The summed E-state index contributed by atoms with van der Waals surface area (Å²) >= 11 is 6.80. The molecule has 2 aromatic carbocycles. The molecule has 0 heterocycles. The first kappa shape index (κ1) is 15.1. The van der Waals surface area contributed by atoms with E-state index in [1.54, 1.807) is 18.2 Å². The second-order valence-corrected chi connectivity index (χ2v) is 6.02. The Labute approximate surface area is 133 Å². The van der Waals surface area contributed by atoms with Crippen LogP contribution in [0.5, 0.6) is 5.75 Å². The molecule has 0 aromatic heterocycles. The molecule has 0 spiro atoms. The first-order chi connectivity index (χ1) is 9.47. The van der Waals surface area contributed by atoms with Crippen LogP contribution in [0.25, 0.3) is 0 Å². The van der Waals surface area contributed by atoms with E-state index in [4.69, 9.17) is 9.84 Å². The minimum Gasteiger partial charge on any atom is -0.489 e. The van der Waals surface area contributed by atoms with Crippen molar-refractivity contribution >= 4 is 37.8 Å². The number of carboxylic acid groups (broad SMARTS) is 1. The van der Waals surface area contributed by atoms with Gasteiger partial charge in [0.2, 0.25) is 0 Å². The van der Waals surface area contributed by atoms with Gasteiger partial charge in [0.1, 0.15) is 12.4 Å². The summed E-state index contributed by atoms with van der Waals surface area (Å²) < 4.78 is 7.48. The fourth-order valence-electron chi connectivity index (χ4n) is 1.67. The third-order valence-corrected chi connectivity index (χ3v) is 4.45. The van der Waals surface area contributed by atoms with Crippen LogP contribution in [-0.2, 0) is 6.61 Å². The van der Waals surface area contributed by atoms with Gasteiger partial charge in [0.25, 0.3) is 0 Å². The highest BCUT2D eigenvalue weighted by molar-refractivity contribution is 9.10. The molecule has 0 unspecified atom stereocenters. The van der Waals surface area contributed by atoms with Gasteiger partial charge in [-0.25, -0.2) is 4.79 Å². The van der Waals surface area contributed by atoms with Crippen LogP contribution in [0.3, 0.4) is 0 Å². The fourth-order valence-corrected chi connectivity index (χ4v) is 2.41. The van der Waals surface area contributed by atoms with Crippen molar-refractivity contribution in [1.29, 1.82) is 0 Å². The van der Waals surface area contributed by atoms with Crippen molar-refractivity contribution in [3.8, 4) is 5.75 Å². The molecule has 0 aliphatic heterocycles. The van der Waals surface area contributed by atoms with Crippen LogP contribution >= 0.6 is 31.9 Å². The zero-order valence-electron chi connectivity index (χ0n) is 10.7. The summed E-state index contributed by atoms with van der Waals surface area (Å²) in [7, 11) is 0. The molecule has 0 radical (unpaired) electrons. The summed E-state index contributed by atoms with van der Waals surface area (Å²) in [5.74, 6) is -0.165. The fraction of sp³-hybridized carbons (Fsp3) is 0.133. The molecule has 5 heteroatoms. The second kappa shape index (κ2) is 6.41. The van der Waals surface area contributed by atoms with Crippen molar-refractivity contribution in [2.24, 2.45) is 0 Å². The number of hydrogen-bond donors (Lipinski definition) is 1. The van der Waals surface area contributed by atoms with Gasteiger partial charge < -0.3 is 9.84 Å². The number of aryl methyl sites for hydroxylation is 1. The Morgan fingerprint density at radius 2 is 1.90 bits per heavy atom. The van der Waals surface area contributed by atoms with E-state index in [9.17, 15) is 4.79 Å². The van der Waals surface area contributed by atoms with E-state index in [-0.39, 0.29) is 5.56 Å². The average Bonchev–Trinajstić information content (AvgIpc) is 2.41. The van der Waals surface area contributed by atoms with Gasteiger partial charge in [-0.05, 0) is 42.8 Å². The molecule has 0 fully saturated rings. The summed E-state index contributed by atoms with van der Waals surface area (Å²) in [6.07, 6.45) is 0. The maximum absolute atomic E-state index is 10.9. The molecule has 0 saturated heterocycles. The Bertz CT molecular complexity index is 654. The number of aromatic carboxylic acids is 1. The lowest BCUT2D eigenvalue weighted by Crippen LogP contribution is -2.00. The average molecular weight is 400 g/mol. The second-order valence-electron chi connectivity index (χ2n) is 4.31. The van der Waals surface area contributed by atoms with E-state index in [1.807, 2.05) is 25.1 Å². The largest absolute Gasteiger partial charge is 0.489 e. The van der Waals surface area contributed by atoms with Gasteiger partial charge in [-0.1, -0.05) is 37.9 Å². The van der Waals surface area contributed by atoms with Gasteiger partial charge in [-0.15, -0.1) is 0 Å². The lowest BCUT2D eigenvalue weighted by molar-refractivity contribution is 0.0696. The highest BCUT2D eigenvalue weighted by Gasteiger charge is 2.07. The summed E-state index contributed by atoms with van der Waals surface area (Å²) in [6.45, 7) is 2.37. The van der Waals surface area contributed by atoms with Crippen LogP contribution in [0.2, 0.25) is 0 Å². The molecule has 0 aliphatic carbocycles.